The van der Waals surface area contributed by atoms with E-state index in [0.29, 0.717) is 13.2 Å². The second kappa shape index (κ2) is 11.7. The van der Waals surface area contributed by atoms with E-state index in [1.807, 2.05) is 0 Å². The smallest absolute Gasteiger partial charge is 0.0797 e. The molecule has 2 aliphatic rings. The third-order valence-corrected chi connectivity index (χ3v) is 6.79. The Morgan fingerprint density at radius 1 is 0.966 bits per heavy atom. The predicted octanol–water partition coefficient (Wildman–Crippen LogP) is 7.31. The first-order valence-corrected chi connectivity index (χ1v) is 11.8. The normalized spacial score (nSPS) is 24.9. The van der Waals surface area contributed by atoms with Gasteiger partial charge >= 0.3 is 0 Å². The summed E-state index contributed by atoms with van der Waals surface area (Å²) in [5.41, 5.74) is 5.56. The van der Waals surface area contributed by atoms with E-state index in [9.17, 15) is 0 Å². The Balaban J connectivity index is 1.51. The largest absolute Gasteiger partial charge is 0.382 e. The second-order valence-corrected chi connectivity index (χ2v) is 8.94. The van der Waals surface area contributed by atoms with Crippen molar-refractivity contribution in [2.75, 3.05) is 20.3 Å². The van der Waals surface area contributed by atoms with Crippen LogP contribution in [0.25, 0.3) is 5.57 Å². The van der Waals surface area contributed by atoms with Crippen LogP contribution >= 0.6 is 0 Å². The van der Waals surface area contributed by atoms with Gasteiger partial charge in [-0.2, -0.15) is 0 Å². The summed E-state index contributed by atoms with van der Waals surface area (Å²) in [6, 6.07) is 9.43. The van der Waals surface area contributed by atoms with Crippen molar-refractivity contribution in [3.63, 3.8) is 0 Å². The van der Waals surface area contributed by atoms with Gasteiger partial charge in [0.25, 0.3) is 0 Å². The monoisotopic (exact) mass is 396 g/mol. The Morgan fingerprint density at radius 3 is 2.38 bits per heavy atom. The molecule has 1 aromatic rings. The molecule has 1 unspecified atom stereocenters. The number of ether oxygens (including phenoxy) is 2. The van der Waals surface area contributed by atoms with E-state index in [2.05, 4.69) is 50.3 Å². The molecule has 0 radical (unpaired) electrons. The fraction of sp³-hybridized carbons (Fsp3) is 0.630. The van der Waals surface area contributed by atoms with Crippen molar-refractivity contribution in [1.82, 2.24) is 0 Å². The minimum absolute atomic E-state index is 0.181. The molecule has 2 heteroatoms. The maximum Gasteiger partial charge on any atom is 0.0797 e. The molecule has 160 valence electrons. The van der Waals surface area contributed by atoms with E-state index in [1.54, 1.807) is 12.7 Å². The average Bonchev–Trinajstić information content (AvgIpc) is 2.75. The van der Waals surface area contributed by atoms with E-state index in [-0.39, 0.29) is 6.10 Å². The van der Waals surface area contributed by atoms with Gasteiger partial charge in [0.1, 0.15) is 0 Å². The molecule has 3 rings (SSSR count). The lowest BCUT2D eigenvalue weighted by atomic mass is 9.77. The van der Waals surface area contributed by atoms with Crippen LogP contribution in [-0.2, 0) is 9.47 Å². The van der Waals surface area contributed by atoms with Crippen molar-refractivity contribution >= 4 is 5.57 Å². The molecule has 2 aliphatic carbocycles. The van der Waals surface area contributed by atoms with Crippen molar-refractivity contribution in [3.05, 3.63) is 53.1 Å². The molecule has 1 saturated carbocycles. The summed E-state index contributed by atoms with van der Waals surface area (Å²) in [6.07, 6.45) is 17.0. The molecule has 0 aromatic heterocycles. The number of hydrogen-bond donors (Lipinski definition) is 0. The summed E-state index contributed by atoms with van der Waals surface area (Å²) in [6.45, 7) is 5.81. The Bertz CT molecular complexity index is 662. The first-order valence-electron chi connectivity index (χ1n) is 11.8. The fourth-order valence-corrected chi connectivity index (χ4v) is 4.98. The van der Waals surface area contributed by atoms with Gasteiger partial charge in [-0.25, -0.2) is 0 Å². The summed E-state index contributed by atoms with van der Waals surface area (Å²) < 4.78 is 10.9. The zero-order chi connectivity index (χ0) is 20.5. The molecule has 0 saturated heterocycles. The molecule has 0 N–H and O–H groups in total. The van der Waals surface area contributed by atoms with Gasteiger partial charge in [-0.3, -0.25) is 0 Å². The van der Waals surface area contributed by atoms with Crippen molar-refractivity contribution in [2.45, 2.75) is 83.7 Å². The van der Waals surface area contributed by atoms with Gasteiger partial charge in [0.05, 0.1) is 19.3 Å². The molecule has 0 bridgehead atoms. The van der Waals surface area contributed by atoms with Crippen LogP contribution in [0.5, 0.6) is 0 Å². The predicted molar refractivity (Wildman–Crippen MR) is 123 cm³/mol. The fourth-order valence-electron chi connectivity index (χ4n) is 4.98. The topological polar surface area (TPSA) is 18.5 Å². The summed E-state index contributed by atoms with van der Waals surface area (Å²) in [4.78, 5) is 0. The lowest BCUT2D eigenvalue weighted by Gasteiger charge is -2.29. The summed E-state index contributed by atoms with van der Waals surface area (Å²) in [5, 5.41) is 0. The maximum absolute atomic E-state index is 5.87. The number of benzene rings is 1. The molecule has 1 fully saturated rings. The van der Waals surface area contributed by atoms with Crippen LogP contribution in [-0.4, -0.2) is 26.4 Å². The number of allylic oxidation sites excluding steroid dienone is 2. The lowest BCUT2D eigenvalue weighted by molar-refractivity contribution is 0.0403. The van der Waals surface area contributed by atoms with Gasteiger partial charge in [0, 0.05) is 7.11 Å². The highest BCUT2D eigenvalue weighted by molar-refractivity contribution is 5.79. The number of hydrogen-bond acceptors (Lipinski definition) is 2. The van der Waals surface area contributed by atoms with Crippen molar-refractivity contribution in [2.24, 2.45) is 5.92 Å². The first kappa shape index (κ1) is 22.3. The highest BCUT2D eigenvalue weighted by atomic mass is 16.5. The molecule has 0 spiro atoms. The van der Waals surface area contributed by atoms with E-state index in [1.165, 1.54) is 68.1 Å². The second-order valence-electron chi connectivity index (χ2n) is 8.94. The van der Waals surface area contributed by atoms with Gasteiger partial charge < -0.3 is 9.47 Å². The highest BCUT2D eigenvalue weighted by Crippen LogP contribution is 2.38. The van der Waals surface area contributed by atoms with Crippen molar-refractivity contribution in [3.8, 4) is 0 Å². The summed E-state index contributed by atoms with van der Waals surface area (Å²) >= 11 is 0. The zero-order valence-electron chi connectivity index (χ0n) is 18.8. The van der Waals surface area contributed by atoms with E-state index >= 15 is 0 Å². The molecule has 2 nitrogen and oxygen atoms in total. The van der Waals surface area contributed by atoms with Crippen LogP contribution in [0.1, 0.15) is 88.7 Å². The Hall–Kier alpha value is -1.38. The summed E-state index contributed by atoms with van der Waals surface area (Å²) in [5.74, 6) is 1.75. The SMILES string of the molecule is CCCCCC1CCC(c2ccc(C3=CCC(OCCOC)C=C3C)cc2)CC1. The molecule has 1 atom stereocenters. The van der Waals surface area contributed by atoms with Crippen LogP contribution in [0, 0.1) is 5.92 Å². The van der Waals surface area contributed by atoms with Crippen LogP contribution in [0.4, 0.5) is 0 Å². The van der Waals surface area contributed by atoms with E-state index in [0.717, 1.165) is 18.3 Å². The minimum atomic E-state index is 0.181. The highest BCUT2D eigenvalue weighted by Gasteiger charge is 2.22. The maximum atomic E-state index is 5.87. The number of unbranched alkanes of at least 4 members (excludes halogenated alkanes) is 2. The van der Waals surface area contributed by atoms with Crippen LogP contribution in [0.3, 0.4) is 0 Å². The van der Waals surface area contributed by atoms with Crippen molar-refractivity contribution in [1.29, 1.82) is 0 Å². The zero-order valence-corrected chi connectivity index (χ0v) is 18.8. The third kappa shape index (κ3) is 6.55. The Morgan fingerprint density at radius 2 is 1.72 bits per heavy atom. The number of methoxy groups -OCH3 is 1. The van der Waals surface area contributed by atoms with E-state index < -0.39 is 0 Å². The summed E-state index contributed by atoms with van der Waals surface area (Å²) in [7, 11) is 1.71. The van der Waals surface area contributed by atoms with Gasteiger partial charge in [0.15, 0.2) is 0 Å². The molecule has 1 aromatic carbocycles. The van der Waals surface area contributed by atoms with E-state index in [4.69, 9.17) is 9.47 Å². The molecule has 0 heterocycles. The van der Waals surface area contributed by atoms with Crippen LogP contribution < -0.4 is 0 Å². The van der Waals surface area contributed by atoms with Gasteiger partial charge in [-0.05, 0) is 73.1 Å². The lowest BCUT2D eigenvalue weighted by Crippen LogP contribution is -2.16. The number of rotatable bonds is 10. The Kier molecular flexibility index (Phi) is 9.01. The molecule has 0 amide bonds. The quantitative estimate of drug-likeness (QED) is 0.386. The van der Waals surface area contributed by atoms with Crippen molar-refractivity contribution < 1.29 is 9.47 Å². The standard InChI is InChI=1S/C27H40O2/c1-4-5-6-7-22-8-10-23(11-9-22)24-12-14-25(15-13-24)27-17-16-26(20-21(27)2)29-19-18-28-3/h12-15,17,20,22-23,26H,4-11,16,18-19H2,1-3H3. The third-order valence-electron chi connectivity index (χ3n) is 6.79. The Labute approximate surface area is 178 Å². The average molecular weight is 397 g/mol. The molecular weight excluding hydrogens is 356 g/mol. The molecule has 0 aliphatic heterocycles. The molecular formula is C27H40O2. The van der Waals surface area contributed by atoms with Crippen LogP contribution in [0.2, 0.25) is 0 Å². The van der Waals surface area contributed by atoms with Gasteiger partial charge in [-0.15, -0.1) is 0 Å². The minimum Gasteiger partial charge on any atom is -0.382 e. The first-order chi connectivity index (χ1) is 14.2. The molecule has 29 heavy (non-hydrogen) atoms. The van der Waals surface area contributed by atoms with Gasteiger partial charge in [0.2, 0.25) is 0 Å². The van der Waals surface area contributed by atoms with Crippen LogP contribution in [0.15, 0.2) is 42.0 Å². The van der Waals surface area contributed by atoms with Gasteiger partial charge in [-0.1, -0.05) is 69.0 Å².